The van der Waals surface area contributed by atoms with Crippen molar-refractivity contribution in [3.05, 3.63) is 42.2 Å². The Bertz CT molecular complexity index is 791. The molecule has 27 heavy (non-hydrogen) atoms. The number of aliphatic hydroxyl groups is 1. The van der Waals surface area contributed by atoms with E-state index in [9.17, 15) is 5.11 Å². The molecule has 0 saturated carbocycles. The van der Waals surface area contributed by atoms with E-state index in [1.54, 1.807) is 24.9 Å². The Labute approximate surface area is 163 Å². The van der Waals surface area contributed by atoms with Crippen LogP contribution in [0.4, 0.5) is 0 Å². The molecule has 8 nitrogen and oxygen atoms in total. The monoisotopic (exact) mass is 389 g/mol. The van der Waals surface area contributed by atoms with E-state index in [0.717, 1.165) is 5.56 Å². The molecule has 144 valence electrons. The minimum Gasteiger partial charge on any atom is -0.389 e. The van der Waals surface area contributed by atoms with Crippen LogP contribution >= 0.6 is 11.8 Å². The van der Waals surface area contributed by atoms with Gasteiger partial charge in [-0.1, -0.05) is 35.0 Å². The van der Waals surface area contributed by atoms with Crippen LogP contribution in [0.2, 0.25) is 0 Å². The number of rotatable bonds is 5. The molecule has 3 rings (SSSR count). The van der Waals surface area contributed by atoms with Gasteiger partial charge in [-0.3, -0.25) is 0 Å². The van der Waals surface area contributed by atoms with Gasteiger partial charge in [-0.05, 0) is 61.1 Å². The van der Waals surface area contributed by atoms with Crippen LogP contribution in [0, 0.1) is 5.53 Å². The standard InChI is InChI=1S/C18H23N3O.ClHN4/c1-18(2,22)12-21-13-19-17(20-21)16-10-8-15(9-11-16)14-6-4-3-5-7-14;1-3-5-4-2/h6,8-11,13,22H,3-5,7,12H2,1-2H3;2H. The van der Waals surface area contributed by atoms with Crippen LogP contribution in [-0.4, -0.2) is 25.5 Å². The van der Waals surface area contributed by atoms with Gasteiger partial charge in [-0.25, -0.2) is 9.67 Å². The second-order valence-electron chi connectivity index (χ2n) is 6.90. The van der Waals surface area contributed by atoms with Crippen LogP contribution in [0.25, 0.3) is 17.0 Å². The zero-order valence-corrected chi connectivity index (χ0v) is 16.3. The smallest absolute Gasteiger partial charge is 0.181 e. The van der Waals surface area contributed by atoms with E-state index in [0.29, 0.717) is 12.4 Å². The molecule has 2 aromatic rings. The largest absolute Gasteiger partial charge is 0.389 e. The van der Waals surface area contributed by atoms with Gasteiger partial charge in [0.1, 0.15) is 6.33 Å². The number of hydrogen-bond donors (Lipinski definition) is 2. The zero-order valence-electron chi connectivity index (χ0n) is 15.5. The van der Waals surface area contributed by atoms with Crippen LogP contribution in [0.5, 0.6) is 0 Å². The predicted octanol–water partition coefficient (Wildman–Crippen LogP) is 5.21. The van der Waals surface area contributed by atoms with Crippen molar-refractivity contribution >= 4 is 17.3 Å². The minimum absolute atomic E-state index is 0.435. The summed E-state index contributed by atoms with van der Waals surface area (Å²) in [7, 11) is 0. The van der Waals surface area contributed by atoms with Crippen molar-refractivity contribution in [3.8, 4) is 11.4 Å². The van der Waals surface area contributed by atoms with Gasteiger partial charge in [-0.15, -0.1) is 0 Å². The van der Waals surface area contributed by atoms with Gasteiger partial charge in [0, 0.05) is 5.56 Å². The second-order valence-corrected chi connectivity index (χ2v) is 7.05. The molecule has 1 aliphatic carbocycles. The Morgan fingerprint density at radius 1 is 1.22 bits per heavy atom. The van der Waals surface area contributed by atoms with Crippen molar-refractivity contribution in [2.45, 2.75) is 51.7 Å². The van der Waals surface area contributed by atoms with E-state index >= 15 is 0 Å². The molecule has 0 fully saturated rings. The molecule has 1 aromatic heterocycles. The maximum Gasteiger partial charge on any atom is 0.181 e. The Kier molecular flexibility index (Phi) is 7.75. The maximum atomic E-state index is 9.84. The Hall–Kier alpha value is -2.45. The fraction of sp³-hybridized carbons (Fsp3) is 0.444. The number of hydrogen-bond acceptors (Lipinski definition) is 5. The second kappa shape index (κ2) is 10.0. The number of benzene rings is 1. The topological polar surface area (TPSA) is 112 Å². The van der Waals surface area contributed by atoms with E-state index < -0.39 is 5.60 Å². The van der Waals surface area contributed by atoms with Crippen LogP contribution in [0.1, 0.15) is 45.1 Å². The molecule has 0 bridgehead atoms. The van der Waals surface area contributed by atoms with Gasteiger partial charge in [-0.2, -0.15) is 10.6 Å². The molecule has 2 N–H and O–H groups in total. The summed E-state index contributed by atoms with van der Waals surface area (Å²) in [5, 5.41) is 19.4. The van der Waals surface area contributed by atoms with Crippen LogP contribution in [0.3, 0.4) is 0 Å². The molecule has 0 amide bonds. The number of allylic oxidation sites excluding steroid dienone is 2. The summed E-state index contributed by atoms with van der Waals surface area (Å²) in [5.74, 6) is 0.702. The average molecular weight is 390 g/mol. The van der Waals surface area contributed by atoms with Gasteiger partial charge in [0.15, 0.2) is 5.82 Å². The van der Waals surface area contributed by atoms with E-state index in [1.165, 1.54) is 36.8 Å². The molecule has 0 atom stereocenters. The first-order valence-electron chi connectivity index (χ1n) is 8.72. The van der Waals surface area contributed by atoms with Gasteiger partial charge < -0.3 is 5.11 Å². The van der Waals surface area contributed by atoms with Gasteiger partial charge in [0.05, 0.1) is 23.9 Å². The summed E-state index contributed by atoms with van der Waals surface area (Å²) in [6.07, 6.45) is 9.00. The fourth-order valence-electron chi connectivity index (χ4n) is 2.85. The molecule has 0 radical (unpaired) electrons. The van der Waals surface area contributed by atoms with Crippen molar-refractivity contribution in [1.29, 1.82) is 5.53 Å². The summed E-state index contributed by atoms with van der Waals surface area (Å²) in [6, 6.07) is 8.47. The third-order valence-electron chi connectivity index (χ3n) is 3.97. The summed E-state index contributed by atoms with van der Waals surface area (Å²) in [5.41, 5.74) is 8.86. The van der Waals surface area contributed by atoms with Crippen molar-refractivity contribution in [2.75, 3.05) is 0 Å². The highest BCUT2D eigenvalue weighted by Crippen LogP contribution is 2.28. The first-order valence-corrected chi connectivity index (χ1v) is 9.06. The normalized spacial score (nSPS) is 14.4. The number of halogens is 1. The van der Waals surface area contributed by atoms with Crippen molar-refractivity contribution in [1.82, 2.24) is 14.8 Å². The van der Waals surface area contributed by atoms with Crippen molar-refractivity contribution in [3.63, 3.8) is 0 Å². The highest BCUT2D eigenvalue weighted by molar-refractivity contribution is 6.13. The number of aromatic nitrogens is 3. The molecule has 0 aliphatic heterocycles. The lowest BCUT2D eigenvalue weighted by Gasteiger charge is -2.15. The minimum atomic E-state index is -0.789. The molecular weight excluding hydrogens is 366 g/mol. The first kappa shape index (κ1) is 20.9. The number of nitrogens with one attached hydrogen (secondary N) is 1. The lowest BCUT2D eigenvalue weighted by Crippen LogP contribution is -2.26. The highest BCUT2D eigenvalue weighted by atomic mass is 35.5. The average Bonchev–Trinajstić information content (AvgIpc) is 3.10. The Morgan fingerprint density at radius 3 is 2.44 bits per heavy atom. The van der Waals surface area contributed by atoms with Crippen LogP contribution < -0.4 is 0 Å². The molecule has 0 saturated heterocycles. The lowest BCUT2D eigenvalue weighted by atomic mass is 9.93. The quantitative estimate of drug-likeness (QED) is 0.540. The molecular formula is C18H24ClN7O. The summed E-state index contributed by atoms with van der Waals surface area (Å²) < 4.78 is 4.28. The van der Waals surface area contributed by atoms with E-state index in [-0.39, 0.29) is 0 Å². The van der Waals surface area contributed by atoms with Crippen molar-refractivity contribution in [2.24, 2.45) is 15.1 Å². The molecule has 9 heteroatoms. The number of nitrogens with zero attached hydrogens (tertiary/aromatic N) is 6. The molecule has 0 unspecified atom stereocenters. The Morgan fingerprint density at radius 2 is 1.93 bits per heavy atom. The van der Waals surface area contributed by atoms with Crippen molar-refractivity contribution < 1.29 is 5.11 Å². The lowest BCUT2D eigenvalue weighted by molar-refractivity contribution is 0.0577. The first-order chi connectivity index (χ1) is 12.9. The van der Waals surface area contributed by atoms with E-state index in [2.05, 4.69) is 67.3 Å². The summed E-state index contributed by atoms with van der Waals surface area (Å²) in [6.45, 7) is 3.97. The third-order valence-corrected chi connectivity index (χ3v) is 4.04. The molecule has 1 heterocycles. The summed E-state index contributed by atoms with van der Waals surface area (Å²) in [4.78, 5) is 4.34. The van der Waals surface area contributed by atoms with Gasteiger partial charge in [0.2, 0.25) is 0 Å². The molecule has 1 aromatic carbocycles. The fourth-order valence-corrected chi connectivity index (χ4v) is 2.88. The van der Waals surface area contributed by atoms with E-state index in [1.807, 2.05) is 0 Å². The van der Waals surface area contributed by atoms with Crippen LogP contribution in [0.15, 0.2) is 51.7 Å². The highest BCUT2D eigenvalue weighted by Gasteiger charge is 2.15. The van der Waals surface area contributed by atoms with E-state index in [4.69, 9.17) is 5.53 Å². The van der Waals surface area contributed by atoms with Gasteiger partial charge >= 0.3 is 0 Å². The van der Waals surface area contributed by atoms with Gasteiger partial charge in [0.25, 0.3) is 0 Å². The predicted molar refractivity (Wildman–Crippen MR) is 104 cm³/mol. The Balaban J connectivity index is 0.000000465. The SMILES string of the molecule is CC(C)(O)Cn1cnc(-c2ccc(C3=CCCCC3)cc2)n1.N=NN=NCl. The zero-order chi connectivity index (χ0) is 19.7. The maximum absolute atomic E-state index is 9.84. The third kappa shape index (κ3) is 6.99. The summed E-state index contributed by atoms with van der Waals surface area (Å²) >= 11 is 4.55. The molecule has 0 spiro atoms. The van der Waals surface area contributed by atoms with Crippen LogP contribution in [-0.2, 0) is 6.54 Å². The molecule has 1 aliphatic rings.